The van der Waals surface area contributed by atoms with Crippen molar-refractivity contribution in [3.05, 3.63) is 5.82 Å². The summed E-state index contributed by atoms with van der Waals surface area (Å²) in [5.74, 6) is 1.65. The molecule has 1 aromatic heterocycles. The minimum atomic E-state index is -0.0114. The molecule has 5 heteroatoms. The molecule has 1 N–H and O–H groups in total. The van der Waals surface area contributed by atoms with Crippen molar-refractivity contribution in [2.24, 2.45) is 5.92 Å². The van der Waals surface area contributed by atoms with Crippen molar-refractivity contribution in [1.29, 1.82) is 0 Å². The molecule has 1 saturated heterocycles. The van der Waals surface area contributed by atoms with Crippen LogP contribution in [0.4, 0.5) is 6.01 Å². The summed E-state index contributed by atoms with van der Waals surface area (Å²) in [7, 11) is 0. The highest BCUT2D eigenvalue weighted by Gasteiger charge is 2.28. The van der Waals surface area contributed by atoms with Crippen LogP contribution in [0.15, 0.2) is 4.52 Å². The number of nitrogens with zero attached hydrogens (tertiary/aromatic N) is 2. The smallest absolute Gasteiger partial charge is 0.321 e. The maximum Gasteiger partial charge on any atom is 0.321 e. The van der Waals surface area contributed by atoms with Crippen LogP contribution in [0.3, 0.4) is 0 Å². The highest BCUT2D eigenvalue weighted by Crippen LogP contribution is 2.28. The molecule has 0 amide bonds. The molecule has 2 heterocycles. The van der Waals surface area contributed by atoms with Crippen molar-refractivity contribution in [3.63, 3.8) is 0 Å². The van der Waals surface area contributed by atoms with E-state index in [9.17, 15) is 0 Å². The van der Waals surface area contributed by atoms with Crippen LogP contribution in [-0.2, 0) is 4.74 Å². The first-order valence-electron chi connectivity index (χ1n) is 6.68. The van der Waals surface area contributed by atoms with Gasteiger partial charge < -0.3 is 14.6 Å². The Hall–Kier alpha value is -1.10. The van der Waals surface area contributed by atoms with Gasteiger partial charge in [0.1, 0.15) is 0 Å². The Labute approximate surface area is 108 Å². The van der Waals surface area contributed by atoms with Gasteiger partial charge in [0, 0.05) is 19.1 Å². The van der Waals surface area contributed by atoms with E-state index >= 15 is 0 Å². The van der Waals surface area contributed by atoms with E-state index in [0.717, 1.165) is 31.8 Å². The largest absolute Gasteiger partial charge is 0.376 e. The van der Waals surface area contributed by atoms with Crippen molar-refractivity contribution in [2.45, 2.75) is 52.1 Å². The van der Waals surface area contributed by atoms with E-state index in [1.165, 1.54) is 0 Å². The Balaban J connectivity index is 1.83. The third-order valence-electron chi connectivity index (χ3n) is 3.30. The van der Waals surface area contributed by atoms with Gasteiger partial charge in [-0.1, -0.05) is 19.0 Å². The summed E-state index contributed by atoms with van der Waals surface area (Å²) in [6.07, 6.45) is 2.15. The zero-order valence-electron chi connectivity index (χ0n) is 11.7. The second kappa shape index (κ2) is 5.26. The fourth-order valence-corrected chi connectivity index (χ4v) is 2.31. The second-order valence-corrected chi connectivity index (χ2v) is 5.96. The first-order valence-corrected chi connectivity index (χ1v) is 6.68. The number of ether oxygens (including phenoxy) is 1. The van der Waals surface area contributed by atoms with Gasteiger partial charge in [-0.25, -0.2) is 0 Å². The molecule has 0 aromatic carbocycles. The molecular formula is C13H23N3O2. The average Bonchev–Trinajstić information content (AvgIpc) is 2.74. The minimum absolute atomic E-state index is 0.0114. The SMILES string of the molecule is CC(C)c1noc(NCC2CCOC(C)(C)C2)n1. The van der Waals surface area contributed by atoms with Crippen LogP contribution in [0.1, 0.15) is 52.3 Å². The molecule has 0 radical (unpaired) electrons. The molecule has 0 saturated carbocycles. The van der Waals surface area contributed by atoms with Gasteiger partial charge in [-0.15, -0.1) is 0 Å². The standard InChI is InChI=1S/C13H23N3O2/c1-9(2)11-15-12(18-16-11)14-8-10-5-6-17-13(3,4)7-10/h9-10H,5-8H2,1-4H3,(H,14,15,16). The van der Waals surface area contributed by atoms with Gasteiger partial charge in [0.25, 0.3) is 0 Å². The van der Waals surface area contributed by atoms with Crippen molar-refractivity contribution in [2.75, 3.05) is 18.5 Å². The van der Waals surface area contributed by atoms with Gasteiger partial charge in [0.05, 0.1) is 5.60 Å². The van der Waals surface area contributed by atoms with Crippen molar-refractivity contribution >= 4 is 6.01 Å². The second-order valence-electron chi connectivity index (χ2n) is 5.96. The Morgan fingerprint density at radius 2 is 2.22 bits per heavy atom. The predicted molar refractivity (Wildman–Crippen MR) is 69.6 cm³/mol. The Morgan fingerprint density at radius 1 is 1.44 bits per heavy atom. The molecule has 0 spiro atoms. The molecule has 1 aliphatic rings. The van der Waals surface area contributed by atoms with Gasteiger partial charge >= 0.3 is 6.01 Å². The summed E-state index contributed by atoms with van der Waals surface area (Å²) in [5, 5.41) is 7.17. The Morgan fingerprint density at radius 3 is 2.83 bits per heavy atom. The van der Waals surface area contributed by atoms with Crippen LogP contribution >= 0.6 is 0 Å². The van der Waals surface area contributed by atoms with Crippen LogP contribution < -0.4 is 5.32 Å². The molecule has 2 rings (SSSR count). The molecule has 1 fully saturated rings. The third-order valence-corrected chi connectivity index (χ3v) is 3.30. The lowest BCUT2D eigenvalue weighted by atomic mass is 9.88. The molecule has 5 nitrogen and oxygen atoms in total. The van der Waals surface area contributed by atoms with Crippen LogP contribution in [0.2, 0.25) is 0 Å². The van der Waals surface area contributed by atoms with Crippen LogP contribution in [0.5, 0.6) is 0 Å². The number of rotatable bonds is 4. The van der Waals surface area contributed by atoms with Gasteiger partial charge in [-0.05, 0) is 32.6 Å². The van der Waals surface area contributed by atoms with Gasteiger partial charge in [0.2, 0.25) is 0 Å². The average molecular weight is 253 g/mol. The number of anilines is 1. The highest BCUT2D eigenvalue weighted by atomic mass is 16.5. The number of hydrogen-bond acceptors (Lipinski definition) is 5. The van der Waals surface area contributed by atoms with Gasteiger partial charge in [-0.3, -0.25) is 0 Å². The van der Waals surface area contributed by atoms with E-state index in [4.69, 9.17) is 9.26 Å². The van der Waals surface area contributed by atoms with E-state index in [-0.39, 0.29) is 5.60 Å². The molecule has 18 heavy (non-hydrogen) atoms. The molecule has 0 aliphatic carbocycles. The van der Waals surface area contributed by atoms with E-state index in [0.29, 0.717) is 17.9 Å². The fourth-order valence-electron chi connectivity index (χ4n) is 2.31. The van der Waals surface area contributed by atoms with Gasteiger partial charge in [-0.2, -0.15) is 4.98 Å². The number of nitrogens with one attached hydrogen (secondary N) is 1. The number of aromatic nitrogens is 2. The molecule has 0 bridgehead atoms. The van der Waals surface area contributed by atoms with Crippen molar-refractivity contribution in [3.8, 4) is 0 Å². The zero-order chi connectivity index (χ0) is 13.2. The highest BCUT2D eigenvalue weighted by molar-refractivity contribution is 5.19. The molecule has 102 valence electrons. The summed E-state index contributed by atoms with van der Waals surface area (Å²) >= 11 is 0. The lowest BCUT2D eigenvalue weighted by Gasteiger charge is -2.35. The topological polar surface area (TPSA) is 60.2 Å². The summed E-state index contributed by atoms with van der Waals surface area (Å²) in [6, 6.07) is 0.531. The Bertz CT molecular complexity index is 387. The summed E-state index contributed by atoms with van der Waals surface area (Å²) in [4.78, 5) is 4.31. The van der Waals surface area contributed by atoms with Crippen molar-refractivity contribution in [1.82, 2.24) is 10.1 Å². The van der Waals surface area contributed by atoms with Crippen molar-refractivity contribution < 1.29 is 9.26 Å². The summed E-state index contributed by atoms with van der Waals surface area (Å²) in [5.41, 5.74) is -0.0114. The zero-order valence-corrected chi connectivity index (χ0v) is 11.7. The predicted octanol–water partition coefficient (Wildman–Crippen LogP) is 2.81. The Kier molecular flexibility index (Phi) is 3.90. The van der Waals surface area contributed by atoms with E-state index in [1.54, 1.807) is 0 Å². The molecule has 1 aliphatic heterocycles. The maximum absolute atomic E-state index is 5.70. The molecule has 1 unspecified atom stereocenters. The molecule has 1 aromatic rings. The quantitative estimate of drug-likeness (QED) is 0.894. The van der Waals surface area contributed by atoms with E-state index in [2.05, 4.69) is 43.2 Å². The summed E-state index contributed by atoms with van der Waals surface area (Å²) in [6.45, 7) is 10.1. The van der Waals surface area contributed by atoms with Crippen LogP contribution in [0.25, 0.3) is 0 Å². The van der Waals surface area contributed by atoms with Gasteiger partial charge in [0.15, 0.2) is 5.82 Å². The third kappa shape index (κ3) is 3.45. The monoisotopic (exact) mass is 253 g/mol. The normalized spacial score (nSPS) is 23.3. The van der Waals surface area contributed by atoms with Crippen LogP contribution in [-0.4, -0.2) is 28.9 Å². The lowest BCUT2D eigenvalue weighted by Crippen LogP contribution is -2.36. The summed E-state index contributed by atoms with van der Waals surface area (Å²) < 4.78 is 10.9. The lowest BCUT2D eigenvalue weighted by molar-refractivity contribution is -0.0700. The van der Waals surface area contributed by atoms with E-state index in [1.807, 2.05) is 0 Å². The fraction of sp³-hybridized carbons (Fsp3) is 0.846. The molecule has 1 atom stereocenters. The van der Waals surface area contributed by atoms with Crippen LogP contribution in [0, 0.1) is 5.92 Å². The minimum Gasteiger partial charge on any atom is -0.376 e. The molecular weight excluding hydrogens is 230 g/mol. The first kappa shape index (κ1) is 13.3. The maximum atomic E-state index is 5.70. The number of hydrogen-bond donors (Lipinski definition) is 1. The van der Waals surface area contributed by atoms with E-state index < -0.39 is 0 Å². The first-order chi connectivity index (χ1) is 8.46.